The molecule has 0 saturated heterocycles. The molecule has 0 aliphatic heterocycles. The smallest absolute Gasteiger partial charge is 0.0643 e. The van der Waals surface area contributed by atoms with Gasteiger partial charge in [-0.2, -0.15) is 5.26 Å². The highest BCUT2D eigenvalue weighted by Crippen LogP contribution is 2.20. The Morgan fingerprint density at radius 3 is 2.67 bits per heavy atom. The molecule has 1 N–H and O–H groups in total. The highest BCUT2D eigenvalue weighted by atomic mass is 32.2. The maximum atomic E-state index is 9.52. The Hall–Kier alpha value is -0.980. The van der Waals surface area contributed by atoms with E-state index in [-0.39, 0.29) is 6.10 Å². The molecule has 0 bridgehead atoms. The number of aryl methyl sites for hydroxylation is 1. The van der Waals surface area contributed by atoms with Gasteiger partial charge in [0, 0.05) is 17.1 Å². The third-order valence-electron chi connectivity index (χ3n) is 2.05. The average molecular weight is 221 g/mol. The Bertz CT molecular complexity index is 328. The van der Waals surface area contributed by atoms with E-state index in [1.54, 1.807) is 11.8 Å². The SMILES string of the molecule is Cc1ccc(SCC(O)CCC#N)cc1. The lowest BCUT2D eigenvalue weighted by atomic mass is 10.2. The van der Waals surface area contributed by atoms with Gasteiger partial charge in [0.2, 0.25) is 0 Å². The molecule has 0 aromatic heterocycles. The van der Waals surface area contributed by atoms with Crippen molar-refractivity contribution in [2.75, 3.05) is 5.75 Å². The maximum Gasteiger partial charge on any atom is 0.0643 e. The summed E-state index contributed by atoms with van der Waals surface area (Å²) < 4.78 is 0. The van der Waals surface area contributed by atoms with Gasteiger partial charge in [0.1, 0.15) is 0 Å². The van der Waals surface area contributed by atoms with Gasteiger partial charge in [0.05, 0.1) is 12.2 Å². The third-order valence-corrected chi connectivity index (χ3v) is 3.21. The summed E-state index contributed by atoms with van der Waals surface area (Å²) in [6, 6.07) is 10.3. The summed E-state index contributed by atoms with van der Waals surface area (Å²) in [5.41, 5.74) is 1.24. The van der Waals surface area contributed by atoms with Crippen LogP contribution in [0.5, 0.6) is 0 Å². The van der Waals surface area contributed by atoms with Gasteiger partial charge in [0.15, 0.2) is 0 Å². The molecule has 1 rings (SSSR count). The van der Waals surface area contributed by atoms with Gasteiger partial charge in [-0.15, -0.1) is 11.8 Å². The van der Waals surface area contributed by atoms with Crippen molar-refractivity contribution in [3.8, 4) is 6.07 Å². The van der Waals surface area contributed by atoms with E-state index in [1.807, 2.05) is 6.07 Å². The molecule has 15 heavy (non-hydrogen) atoms. The van der Waals surface area contributed by atoms with Crippen LogP contribution >= 0.6 is 11.8 Å². The van der Waals surface area contributed by atoms with Gasteiger partial charge >= 0.3 is 0 Å². The van der Waals surface area contributed by atoms with Crippen LogP contribution in [0.15, 0.2) is 29.2 Å². The van der Waals surface area contributed by atoms with Crippen molar-refractivity contribution in [3.63, 3.8) is 0 Å². The number of rotatable bonds is 5. The van der Waals surface area contributed by atoms with Gasteiger partial charge in [0.25, 0.3) is 0 Å². The number of nitriles is 1. The van der Waals surface area contributed by atoms with E-state index in [4.69, 9.17) is 5.26 Å². The van der Waals surface area contributed by atoms with E-state index in [9.17, 15) is 5.11 Å². The number of benzene rings is 1. The molecule has 0 saturated carbocycles. The molecule has 1 unspecified atom stereocenters. The fraction of sp³-hybridized carbons (Fsp3) is 0.417. The Kier molecular flexibility index (Phi) is 5.23. The lowest BCUT2D eigenvalue weighted by Gasteiger charge is -2.07. The van der Waals surface area contributed by atoms with Crippen LogP contribution in [0, 0.1) is 18.3 Å². The van der Waals surface area contributed by atoms with Crippen LogP contribution in [0.3, 0.4) is 0 Å². The Morgan fingerprint density at radius 1 is 1.40 bits per heavy atom. The molecular formula is C12H15NOS. The van der Waals surface area contributed by atoms with Crippen LogP contribution in [0.2, 0.25) is 0 Å². The van der Waals surface area contributed by atoms with Crippen LogP contribution in [-0.4, -0.2) is 17.0 Å². The summed E-state index contributed by atoms with van der Waals surface area (Å²) in [5, 5.41) is 17.9. The van der Waals surface area contributed by atoms with Crippen molar-refractivity contribution in [1.29, 1.82) is 5.26 Å². The van der Waals surface area contributed by atoms with Gasteiger partial charge in [-0.1, -0.05) is 17.7 Å². The van der Waals surface area contributed by atoms with E-state index in [0.29, 0.717) is 18.6 Å². The third kappa shape index (κ3) is 4.87. The molecule has 1 aromatic carbocycles. The average Bonchev–Trinajstić information content (AvgIpc) is 2.25. The number of hydrogen-bond acceptors (Lipinski definition) is 3. The Morgan fingerprint density at radius 2 is 2.07 bits per heavy atom. The predicted octanol–water partition coefficient (Wildman–Crippen LogP) is 2.75. The van der Waals surface area contributed by atoms with Crippen LogP contribution in [-0.2, 0) is 0 Å². The zero-order valence-electron chi connectivity index (χ0n) is 8.81. The van der Waals surface area contributed by atoms with E-state index < -0.39 is 0 Å². The molecule has 0 radical (unpaired) electrons. The van der Waals surface area contributed by atoms with Crippen molar-refractivity contribution in [2.24, 2.45) is 0 Å². The summed E-state index contributed by atoms with van der Waals surface area (Å²) in [4.78, 5) is 1.16. The number of nitrogens with zero attached hydrogens (tertiary/aromatic N) is 1. The molecule has 1 atom stereocenters. The van der Waals surface area contributed by atoms with Crippen molar-refractivity contribution in [3.05, 3.63) is 29.8 Å². The van der Waals surface area contributed by atoms with Crippen molar-refractivity contribution in [1.82, 2.24) is 0 Å². The van der Waals surface area contributed by atoms with E-state index in [1.165, 1.54) is 5.56 Å². The van der Waals surface area contributed by atoms with E-state index in [2.05, 4.69) is 31.2 Å². The van der Waals surface area contributed by atoms with Crippen LogP contribution in [0.1, 0.15) is 18.4 Å². The first-order chi connectivity index (χ1) is 7.22. The van der Waals surface area contributed by atoms with E-state index >= 15 is 0 Å². The minimum absolute atomic E-state index is 0.379. The first-order valence-corrected chi connectivity index (χ1v) is 5.95. The highest BCUT2D eigenvalue weighted by molar-refractivity contribution is 7.99. The van der Waals surface area contributed by atoms with Gasteiger partial charge in [-0.3, -0.25) is 0 Å². The van der Waals surface area contributed by atoms with Gasteiger partial charge < -0.3 is 5.11 Å². The molecule has 0 aliphatic carbocycles. The first-order valence-electron chi connectivity index (χ1n) is 4.97. The predicted molar refractivity (Wildman–Crippen MR) is 62.8 cm³/mol. The number of hydrogen-bond donors (Lipinski definition) is 1. The number of thioether (sulfide) groups is 1. The number of aliphatic hydroxyl groups excluding tert-OH is 1. The molecule has 2 nitrogen and oxygen atoms in total. The van der Waals surface area contributed by atoms with Gasteiger partial charge in [-0.05, 0) is 25.5 Å². The monoisotopic (exact) mass is 221 g/mol. The molecule has 3 heteroatoms. The normalized spacial score (nSPS) is 12.1. The number of aliphatic hydroxyl groups is 1. The first kappa shape index (κ1) is 12.1. The second-order valence-corrected chi connectivity index (χ2v) is 4.57. The largest absolute Gasteiger partial charge is 0.392 e. The van der Waals surface area contributed by atoms with Crippen LogP contribution < -0.4 is 0 Å². The standard InChI is InChI=1S/C12H15NOS/c1-10-4-6-12(7-5-10)15-9-11(14)3-2-8-13/h4-7,11,14H,2-3,9H2,1H3. The fourth-order valence-electron chi connectivity index (χ4n) is 1.14. The quantitative estimate of drug-likeness (QED) is 0.777. The second kappa shape index (κ2) is 6.49. The molecule has 0 aliphatic rings. The van der Waals surface area contributed by atoms with Crippen molar-refractivity contribution >= 4 is 11.8 Å². The zero-order valence-corrected chi connectivity index (χ0v) is 9.63. The molecule has 0 heterocycles. The summed E-state index contributed by atoms with van der Waals surface area (Å²) in [6.07, 6.45) is 0.612. The van der Waals surface area contributed by atoms with Crippen molar-refractivity contribution in [2.45, 2.75) is 30.8 Å². The summed E-state index contributed by atoms with van der Waals surface area (Å²) >= 11 is 1.63. The van der Waals surface area contributed by atoms with E-state index in [0.717, 1.165) is 4.90 Å². The Labute approximate surface area is 94.9 Å². The second-order valence-electron chi connectivity index (χ2n) is 3.47. The molecule has 1 aromatic rings. The fourth-order valence-corrected chi connectivity index (χ4v) is 2.02. The summed E-state index contributed by atoms with van der Waals surface area (Å²) in [7, 11) is 0. The molecule has 80 valence electrons. The van der Waals surface area contributed by atoms with Crippen molar-refractivity contribution < 1.29 is 5.11 Å². The highest BCUT2D eigenvalue weighted by Gasteiger charge is 2.04. The lowest BCUT2D eigenvalue weighted by molar-refractivity contribution is 0.191. The van der Waals surface area contributed by atoms with Crippen LogP contribution in [0.25, 0.3) is 0 Å². The Balaban J connectivity index is 2.31. The topological polar surface area (TPSA) is 44.0 Å². The minimum Gasteiger partial charge on any atom is -0.392 e. The summed E-state index contributed by atoms with van der Waals surface area (Å²) in [5.74, 6) is 0.657. The molecule has 0 spiro atoms. The minimum atomic E-state index is -0.379. The van der Waals surface area contributed by atoms with Crippen LogP contribution in [0.4, 0.5) is 0 Å². The molecule has 0 fully saturated rings. The molecular weight excluding hydrogens is 206 g/mol. The maximum absolute atomic E-state index is 9.52. The van der Waals surface area contributed by atoms with Gasteiger partial charge in [-0.25, -0.2) is 0 Å². The molecule has 0 amide bonds. The zero-order chi connectivity index (χ0) is 11.1. The summed E-state index contributed by atoms with van der Waals surface area (Å²) in [6.45, 7) is 2.05. The lowest BCUT2D eigenvalue weighted by Crippen LogP contribution is -2.08.